The summed E-state index contributed by atoms with van der Waals surface area (Å²) in [6.45, 7) is 3.16. The van der Waals surface area contributed by atoms with E-state index in [4.69, 9.17) is 0 Å². The van der Waals surface area contributed by atoms with Gasteiger partial charge >= 0.3 is 0 Å². The first kappa shape index (κ1) is 14.4. The first-order chi connectivity index (χ1) is 10.3. The van der Waals surface area contributed by atoms with Gasteiger partial charge in [-0.2, -0.15) is 0 Å². The molecule has 2 unspecified atom stereocenters. The van der Waals surface area contributed by atoms with E-state index < -0.39 is 0 Å². The van der Waals surface area contributed by atoms with Gasteiger partial charge in [0.05, 0.1) is 0 Å². The normalized spacial score (nSPS) is 26.1. The number of carbonyl (C=O) groups excluding carboxylic acids is 1. The molecule has 1 aromatic carbocycles. The second kappa shape index (κ2) is 6.50. The SMILES string of the molecule is CCC1CCCC(Nc2cccc(N3CCCC3=O)c2)C1. The first-order valence-electron chi connectivity index (χ1n) is 8.43. The van der Waals surface area contributed by atoms with Crippen molar-refractivity contribution in [2.75, 3.05) is 16.8 Å². The molecule has 3 nitrogen and oxygen atoms in total. The molecule has 2 aliphatic rings. The average molecular weight is 286 g/mol. The highest BCUT2D eigenvalue weighted by molar-refractivity contribution is 5.95. The number of carbonyl (C=O) groups is 1. The summed E-state index contributed by atoms with van der Waals surface area (Å²) < 4.78 is 0. The van der Waals surface area contributed by atoms with Crippen LogP contribution in [0, 0.1) is 5.92 Å². The molecule has 1 amide bonds. The highest BCUT2D eigenvalue weighted by Crippen LogP contribution is 2.30. The summed E-state index contributed by atoms with van der Waals surface area (Å²) >= 11 is 0. The van der Waals surface area contributed by atoms with Crippen LogP contribution in [0.5, 0.6) is 0 Å². The number of hydrogen-bond donors (Lipinski definition) is 1. The van der Waals surface area contributed by atoms with Crippen molar-refractivity contribution in [1.29, 1.82) is 0 Å². The summed E-state index contributed by atoms with van der Waals surface area (Å²) in [7, 11) is 0. The fraction of sp³-hybridized carbons (Fsp3) is 0.611. The van der Waals surface area contributed by atoms with Gasteiger partial charge in [-0.1, -0.05) is 32.3 Å². The minimum Gasteiger partial charge on any atom is -0.382 e. The van der Waals surface area contributed by atoms with E-state index in [2.05, 4.69) is 30.4 Å². The molecule has 1 N–H and O–H groups in total. The van der Waals surface area contributed by atoms with Crippen molar-refractivity contribution >= 4 is 17.3 Å². The molecule has 3 rings (SSSR count). The Morgan fingerprint density at radius 1 is 1.29 bits per heavy atom. The zero-order valence-electron chi connectivity index (χ0n) is 13.0. The van der Waals surface area contributed by atoms with Gasteiger partial charge in [-0.3, -0.25) is 4.79 Å². The van der Waals surface area contributed by atoms with Crippen molar-refractivity contribution in [2.45, 2.75) is 57.9 Å². The third-order valence-electron chi connectivity index (χ3n) is 4.96. The summed E-state index contributed by atoms with van der Waals surface area (Å²) in [5.41, 5.74) is 2.21. The number of rotatable bonds is 4. The van der Waals surface area contributed by atoms with Gasteiger partial charge in [0.2, 0.25) is 5.91 Å². The van der Waals surface area contributed by atoms with E-state index in [0.29, 0.717) is 12.5 Å². The molecule has 3 heteroatoms. The predicted molar refractivity (Wildman–Crippen MR) is 87.7 cm³/mol. The molecule has 1 saturated heterocycles. The standard InChI is InChI=1S/C18H26N2O/c1-2-14-6-3-7-15(12-14)19-16-8-4-9-17(13-16)20-11-5-10-18(20)21/h4,8-9,13-15,19H,2-3,5-7,10-12H2,1H3. The van der Waals surface area contributed by atoms with Gasteiger partial charge in [-0.15, -0.1) is 0 Å². The molecule has 0 bridgehead atoms. The second-order valence-corrected chi connectivity index (χ2v) is 6.48. The number of hydrogen-bond acceptors (Lipinski definition) is 2. The van der Waals surface area contributed by atoms with Crippen LogP contribution in [-0.2, 0) is 4.79 Å². The molecule has 2 atom stereocenters. The van der Waals surface area contributed by atoms with Crippen molar-refractivity contribution in [2.24, 2.45) is 5.92 Å². The fourth-order valence-corrected chi connectivity index (χ4v) is 3.71. The van der Waals surface area contributed by atoms with Gasteiger partial charge in [0.1, 0.15) is 0 Å². The molecule has 21 heavy (non-hydrogen) atoms. The quantitative estimate of drug-likeness (QED) is 0.900. The number of nitrogens with zero attached hydrogens (tertiary/aromatic N) is 1. The molecule has 0 spiro atoms. The minimum absolute atomic E-state index is 0.260. The monoisotopic (exact) mass is 286 g/mol. The van der Waals surface area contributed by atoms with Crippen molar-refractivity contribution in [3.8, 4) is 0 Å². The zero-order chi connectivity index (χ0) is 14.7. The van der Waals surface area contributed by atoms with Gasteiger partial charge in [0.25, 0.3) is 0 Å². The fourth-order valence-electron chi connectivity index (χ4n) is 3.71. The Labute approximate surface area is 127 Å². The first-order valence-corrected chi connectivity index (χ1v) is 8.43. The van der Waals surface area contributed by atoms with E-state index in [1.54, 1.807) is 0 Å². The number of amides is 1. The van der Waals surface area contributed by atoms with Crippen LogP contribution < -0.4 is 10.2 Å². The molecule has 1 heterocycles. The van der Waals surface area contributed by atoms with E-state index in [1.807, 2.05) is 11.0 Å². The molecule has 0 radical (unpaired) electrons. The van der Waals surface area contributed by atoms with Gasteiger partial charge in [-0.05, 0) is 43.4 Å². The van der Waals surface area contributed by atoms with Gasteiger partial charge in [-0.25, -0.2) is 0 Å². The molecule has 2 fully saturated rings. The Balaban J connectivity index is 1.67. The van der Waals surface area contributed by atoms with Crippen LogP contribution in [0.3, 0.4) is 0 Å². The van der Waals surface area contributed by atoms with Crippen LogP contribution in [0.4, 0.5) is 11.4 Å². The zero-order valence-corrected chi connectivity index (χ0v) is 13.0. The van der Waals surface area contributed by atoms with Crippen LogP contribution in [0.1, 0.15) is 51.9 Å². The molecular weight excluding hydrogens is 260 g/mol. The number of benzene rings is 1. The maximum Gasteiger partial charge on any atom is 0.227 e. The lowest BCUT2D eigenvalue weighted by atomic mass is 9.84. The molecule has 1 aliphatic heterocycles. The van der Waals surface area contributed by atoms with E-state index >= 15 is 0 Å². The van der Waals surface area contributed by atoms with E-state index in [-0.39, 0.29) is 5.91 Å². The third-order valence-corrected chi connectivity index (χ3v) is 4.96. The Hall–Kier alpha value is -1.51. The number of nitrogens with one attached hydrogen (secondary N) is 1. The van der Waals surface area contributed by atoms with Crippen molar-refractivity contribution < 1.29 is 4.79 Å². The highest BCUT2D eigenvalue weighted by Gasteiger charge is 2.23. The molecule has 1 aliphatic carbocycles. The molecule has 114 valence electrons. The smallest absolute Gasteiger partial charge is 0.227 e. The lowest BCUT2D eigenvalue weighted by Gasteiger charge is -2.30. The predicted octanol–water partition coefficient (Wildman–Crippen LogP) is 4.19. The second-order valence-electron chi connectivity index (χ2n) is 6.48. The Morgan fingerprint density at radius 3 is 2.95 bits per heavy atom. The lowest BCUT2D eigenvalue weighted by molar-refractivity contribution is -0.117. The molecule has 1 saturated carbocycles. The van der Waals surface area contributed by atoms with Crippen LogP contribution in [0.25, 0.3) is 0 Å². The maximum absolute atomic E-state index is 11.9. The summed E-state index contributed by atoms with van der Waals surface area (Å²) in [6.07, 6.45) is 8.24. The maximum atomic E-state index is 11.9. The lowest BCUT2D eigenvalue weighted by Crippen LogP contribution is -2.27. The van der Waals surface area contributed by atoms with Crippen molar-refractivity contribution in [1.82, 2.24) is 0 Å². The Kier molecular flexibility index (Phi) is 4.47. The van der Waals surface area contributed by atoms with E-state index in [0.717, 1.165) is 30.3 Å². The van der Waals surface area contributed by atoms with Crippen LogP contribution in [0.15, 0.2) is 24.3 Å². The number of anilines is 2. The van der Waals surface area contributed by atoms with Gasteiger partial charge < -0.3 is 10.2 Å². The van der Waals surface area contributed by atoms with Gasteiger partial charge in [0, 0.05) is 30.4 Å². The summed E-state index contributed by atoms with van der Waals surface area (Å²) in [4.78, 5) is 13.8. The summed E-state index contributed by atoms with van der Waals surface area (Å²) in [6, 6.07) is 8.96. The van der Waals surface area contributed by atoms with Crippen LogP contribution >= 0.6 is 0 Å². The van der Waals surface area contributed by atoms with Crippen molar-refractivity contribution in [3.05, 3.63) is 24.3 Å². The minimum atomic E-state index is 0.260. The van der Waals surface area contributed by atoms with Crippen molar-refractivity contribution in [3.63, 3.8) is 0 Å². The largest absolute Gasteiger partial charge is 0.382 e. The Morgan fingerprint density at radius 2 is 2.19 bits per heavy atom. The van der Waals surface area contributed by atoms with Gasteiger partial charge in [0.15, 0.2) is 0 Å². The average Bonchev–Trinajstić information content (AvgIpc) is 2.94. The van der Waals surface area contributed by atoms with E-state index in [1.165, 1.54) is 32.1 Å². The topological polar surface area (TPSA) is 32.3 Å². The van der Waals surface area contributed by atoms with Crippen LogP contribution in [-0.4, -0.2) is 18.5 Å². The summed E-state index contributed by atoms with van der Waals surface area (Å²) in [5.74, 6) is 1.13. The summed E-state index contributed by atoms with van der Waals surface area (Å²) in [5, 5.41) is 3.69. The van der Waals surface area contributed by atoms with Crippen LogP contribution in [0.2, 0.25) is 0 Å². The highest BCUT2D eigenvalue weighted by atomic mass is 16.2. The molecular formula is C18H26N2O. The molecule has 1 aromatic rings. The Bertz CT molecular complexity index is 500. The third kappa shape index (κ3) is 3.39. The van der Waals surface area contributed by atoms with E-state index in [9.17, 15) is 4.79 Å². The molecule has 0 aromatic heterocycles.